The van der Waals surface area contributed by atoms with Gasteiger partial charge in [0.05, 0.1) is 14.2 Å². The van der Waals surface area contributed by atoms with Crippen molar-refractivity contribution in [3.63, 3.8) is 0 Å². The Balaban J connectivity index is 3.09. The van der Waals surface area contributed by atoms with E-state index >= 15 is 0 Å². The van der Waals surface area contributed by atoms with Gasteiger partial charge in [0.1, 0.15) is 9.81 Å². The molecule has 4 nitrogen and oxygen atoms in total. The van der Waals surface area contributed by atoms with Gasteiger partial charge in [-0.25, -0.2) is 9.59 Å². The molecule has 6 heteroatoms. The van der Waals surface area contributed by atoms with Gasteiger partial charge in [-0.15, -0.1) is 0 Å². The van der Waals surface area contributed by atoms with E-state index in [4.69, 9.17) is 0 Å². The van der Waals surface area contributed by atoms with Crippen molar-refractivity contribution >= 4 is 35.5 Å². The van der Waals surface area contributed by atoms with Gasteiger partial charge in [-0.1, -0.05) is 29.1 Å². The van der Waals surface area contributed by atoms with Crippen molar-refractivity contribution in [2.24, 2.45) is 0 Å². The van der Waals surface area contributed by atoms with Crippen molar-refractivity contribution in [2.45, 2.75) is 13.8 Å². The summed E-state index contributed by atoms with van der Waals surface area (Å²) in [6, 6.07) is 0. The van der Waals surface area contributed by atoms with Crippen LogP contribution in [0.15, 0.2) is 19.6 Å². The fourth-order valence-corrected chi connectivity index (χ4v) is 3.34. The smallest absolute Gasteiger partial charge is 0.346 e. The Morgan fingerprint density at radius 2 is 1.31 bits per heavy atom. The van der Waals surface area contributed by atoms with Gasteiger partial charge in [-0.2, -0.15) is 0 Å². The van der Waals surface area contributed by atoms with Gasteiger partial charge in [0.25, 0.3) is 0 Å². The maximum atomic E-state index is 11.5. The van der Waals surface area contributed by atoms with Gasteiger partial charge in [0, 0.05) is 4.24 Å². The molecule has 1 aliphatic rings. The molecule has 1 rings (SSSR count). The number of hydrogen-bond acceptors (Lipinski definition) is 6. The molecule has 0 fully saturated rings. The van der Waals surface area contributed by atoms with E-state index in [2.05, 4.69) is 9.47 Å². The molecule has 0 bridgehead atoms. The first-order valence-electron chi connectivity index (χ1n) is 4.45. The maximum Gasteiger partial charge on any atom is 0.346 e. The lowest BCUT2D eigenvalue weighted by Crippen LogP contribution is -2.08. The summed E-state index contributed by atoms with van der Waals surface area (Å²) in [5.74, 6) is -1.01. The van der Waals surface area contributed by atoms with Crippen LogP contribution in [-0.4, -0.2) is 26.2 Å². The maximum absolute atomic E-state index is 11.5. The van der Waals surface area contributed by atoms with Crippen LogP contribution in [0, 0.1) is 0 Å². The average Bonchev–Trinajstić information content (AvgIpc) is 2.71. The summed E-state index contributed by atoms with van der Waals surface area (Å²) in [6.07, 6.45) is 0. The number of carbonyl (C=O) groups excluding carboxylic acids is 2. The highest BCUT2D eigenvalue weighted by Gasteiger charge is 2.32. The Kier molecular flexibility index (Phi) is 4.49. The van der Waals surface area contributed by atoms with Crippen molar-refractivity contribution in [3.05, 3.63) is 19.6 Å². The standard InChI is InChI=1S/C10H12O4S2/c1-5(2)10-15-6(8(11)13-3)7(16-10)9(12)14-4/h1-4H3. The predicted octanol–water partition coefficient (Wildman–Crippen LogP) is 2.28. The average molecular weight is 260 g/mol. The summed E-state index contributed by atoms with van der Waals surface area (Å²) < 4.78 is 10.2. The zero-order valence-corrected chi connectivity index (χ0v) is 11.1. The largest absolute Gasteiger partial charge is 0.465 e. The normalized spacial score (nSPS) is 15.1. The molecule has 88 valence electrons. The molecule has 0 unspecified atom stereocenters. The van der Waals surface area contributed by atoms with E-state index in [1.165, 1.54) is 37.7 Å². The van der Waals surface area contributed by atoms with Gasteiger partial charge < -0.3 is 9.47 Å². The molecule has 0 radical (unpaired) electrons. The monoisotopic (exact) mass is 260 g/mol. The van der Waals surface area contributed by atoms with Crippen LogP contribution in [-0.2, 0) is 19.1 Å². The number of methoxy groups -OCH3 is 2. The highest BCUT2D eigenvalue weighted by molar-refractivity contribution is 8.29. The topological polar surface area (TPSA) is 52.6 Å². The summed E-state index contributed by atoms with van der Waals surface area (Å²) in [5, 5.41) is 0. The minimum Gasteiger partial charge on any atom is -0.465 e. The van der Waals surface area contributed by atoms with E-state index < -0.39 is 11.9 Å². The first-order valence-corrected chi connectivity index (χ1v) is 6.08. The summed E-state index contributed by atoms with van der Waals surface area (Å²) >= 11 is 2.50. The van der Waals surface area contributed by atoms with Crippen molar-refractivity contribution < 1.29 is 19.1 Å². The summed E-state index contributed by atoms with van der Waals surface area (Å²) in [6.45, 7) is 3.84. The van der Waals surface area contributed by atoms with Crippen LogP contribution in [0.4, 0.5) is 0 Å². The molecule has 0 amide bonds. The molecular weight excluding hydrogens is 248 g/mol. The number of esters is 2. The Morgan fingerprint density at radius 3 is 1.56 bits per heavy atom. The molecule has 0 N–H and O–H groups in total. The summed E-state index contributed by atoms with van der Waals surface area (Å²) in [5.41, 5.74) is 1.05. The van der Waals surface area contributed by atoms with Crippen molar-refractivity contribution in [2.75, 3.05) is 14.2 Å². The highest BCUT2D eigenvalue weighted by atomic mass is 32.2. The second kappa shape index (κ2) is 5.45. The lowest BCUT2D eigenvalue weighted by atomic mass is 10.4. The molecule has 0 aromatic heterocycles. The third-order valence-corrected chi connectivity index (χ3v) is 4.71. The van der Waals surface area contributed by atoms with Gasteiger partial charge in [-0.3, -0.25) is 0 Å². The Morgan fingerprint density at radius 1 is 0.938 bits per heavy atom. The van der Waals surface area contributed by atoms with Gasteiger partial charge in [0.15, 0.2) is 0 Å². The van der Waals surface area contributed by atoms with Crippen LogP contribution in [0.25, 0.3) is 0 Å². The van der Waals surface area contributed by atoms with Crippen molar-refractivity contribution in [3.8, 4) is 0 Å². The zero-order valence-electron chi connectivity index (χ0n) is 9.45. The second-order valence-electron chi connectivity index (χ2n) is 3.13. The number of rotatable bonds is 2. The third kappa shape index (κ3) is 2.62. The quantitative estimate of drug-likeness (QED) is 0.710. The molecule has 0 aliphatic carbocycles. The molecular formula is C10H12O4S2. The summed E-state index contributed by atoms with van der Waals surface area (Å²) in [4.78, 5) is 23.5. The van der Waals surface area contributed by atoms with E-state index in [0.29, 0.717) is 9.81 Å². The fourth-order valence-electron chi connectivity index (χ4n) is 0.957. The number of thioether (sulfide) groups is 2. The SMILES string of the molecule is COC(=O)C1=C(C(=O)OC)SC(=C(C)C)S1. The van der Waals surface area contributed by atoms with E-state index in [1.54, 1.807) is 0 Å². The minimum absolute atomic E-state index is 0.301. The van der Waals surface area contributed by atoms with Crippen LogP contribution in [0.3, 0.4) is 0 Å². The van der Waals surface area contributed by atoms with Gasteiger partial charge >= 0.3 is 11.9 Å². The predicted molar refractivity (Wildman–Crippen MR) is 64.6 cm³/mol. The Bertz CT molecular complexity index is 362. The highest BCUT2D eigenvalue weighted by Crippen LogP contribution is 2.51. The van der Waals surface area contributed by atoms with Crippen LogP contribution < -0.4 is 0 Å². The lowest BCUT2D eigenvalue weighted by molar-refractivity contribution is -0.138. The van der Waals surface area contributed by atoms with Gasteiger partial charge in [-0.05, 0) is 13.8 Å². The molecule has 0 aromatic rings. The van der Waals surface area contributed by atoms with Crippen molar-refractivity contribution in [1.29, 1.82) is 0 Å². The van der Waals surface area contributed by atoms with E-state index in [1.807, 2.05) is 13.8 Å². The molecule has 0 saturated heterocycles. The van der Waals surface area contributed by atoms with E-state index in [9.17, 15) is 9.59 Å². The van der Waals surface area contributed by atoms with E-state index in [0.717, 1.165) is 9.81 Å². The zero-order chi connectivity index (χ0) is 12.3. The molecule has 0 saturated carbocycles. The minimum atomic E-state index is -0.505. The Hall–Kier alpha value is -0.880. The number of allylic oxidation sites excluding steroid dienone is 1. The van der Waals surface area contributed by atoms with Crippen LogP contribution in [0.1, 0.15) is 13.8 Å². The third-order valence-electron chi connectivity index (χ3n) is 1.75. The first kappa shape index (κ1) is 13.2. The van der Waals surface area contributed by atoms with Crippen LogP contribution in [0.2, 0.25) is 0 Å². The van der Waals surface area contributed by atoms with Crippen LogP contribution >= 0.6 is 23.5 Å². The first-order chi connectivity index (χ1) is 7.51. The molecule has 1 heterocycles. The van der Waals surface area contributed by atoms with Crippen LogP contribution in [0.5, 0.6) is 0 Å². The molecule has 0 atom stereocenters. The number of carbonyl (C=O) groups is 2. The molecule has 0 spiro atoms. The molecule has 16 heavy (non-hydrogen) atoms. The van der Waals surface area contributed by atoms with E-state index in [-0.39, 0.29) is 0 Å². The summed E-state index contributed by atoms with van der Waals surface area (Å²) in [7, 11) is 2.58. The van der Waals surface area contributed by atoms with Crippen molar-refractivity contribution in [1.82, 2.24) is 0 Å². The van der Waals surface area contributed by atoms with Gasteiger partial charge in [0.2, 0.25) is 0 Å². The fraction of sp³-hybridized carbons (Fsp3) is 0.400. The molecule has 1 aliphatic heterocycles. The lowest BCUT2D eigenvalue weighted by Gasteiger charge is -2.00. The second-order valence-corrected chi connectivity index (χ2v) is 5.43. The number of ether oxygens (including phenoxy) is 2. The Labute approximate surface area is 102 Å². The number of hydrogen-bond donors (Lipinski definition) is 0. The molecule has 0 aromatic carbocycles.